The molecule has 1 atom stereocenters. The van der Waals surface area contributed by atoms with Crippen LogP contribution >= 0.6 is 0 Å². The molecule has 1 unspecified atom stereocenters. The number of benzene rings is 2. The zero-order valence-corrected chi connectivity index (χ0v) is 12.6. The van der Waals surface area contributed by atoms with E-state index in [4.69, 9.17) is 19.9 Å². The third kappa shape index (κ3) is 3.28. The first-order valence-electron chi connectivity index (χ1n) is 6.90. The van der Waals surface area contributed by atoms with Crippen LogP contribution in [-0.2, 0) is 0 Å². The predicted molar refractivity (Wildman–Crippen MR) is 83.2 cm³/mol. The number of ether oxygens (including phenoxy) is 3. The Morgan fingerprint density at radius 2 is 1.52 bits per heavy atom. The minimum absolute atomic E-state index is 0.327. The van der Waals surface area contributed by atoms with E-state index in [-0.39, 0.29) is 6.04 Å². The molecule has 0 amide bonds. The van der Waals surface area contributed by atoms with Crippen molar-refractivity contribution in [2.45, 2.75) is 13.0 Å². The van der Waals surface area contributed by atoms with Gasteiger partial charge in [-0.3, -0.25) is 0 Å². The smallest absolute Gasteiger partial charge is 0.127 e. The lowest BCUT2D eigenvalue weighted by molar-refractivity contribution is 0.340. The maximum atomic E-state index is 6.39. The molecule has 0 saturated carbocycles. The fraction of sp³-hybridized carbons (Fsp3) is 0.294. The highest BCUT2D eigenvalue weighted by Crippen LogP contribution is 2.36. The Morgan fingerprint density at radius 3 is 2.00 bits per heavy atom. The molecule has 0 aliphatic carbocycles. The molecule has 21 heavy (non-hydrogen) atoms. The van der Waals surface area contributed by atoms with Crippen LogP contribution in [0, 0.1) is 0 Å². The van der Waals surface area contributed by atoms with E-state index in [9.17, 15) is 0 Å². The summed E-state index contributed by atoms with van der Waals surface area (Å²) >= 11 is 0. The molecular formula is C17H21NO3. The SMILES string of the molecule is CCOc1ccc(C(N)c2c(OC)cccc2OC)cc1. The molecule has 0 aromatic heterocycles. The van der Waals surface area contributed by atoms with Gasteiger partial charge in [0.05, 0.1) is 32.4 Å². The zero-order chi connectivity index (χ0) is 15.2. The molecule has 4 nitrogen and oxygen atoms in total. The van der Waals surface area contributed by atoms with Gasteiger partial charge in [0.15, 0.2) is 0 Å². The summed E-state index contributed by atoms with van der Waals surface area (Å²) in [5.74, 6) is 2.27. The molecule has 0 bridgehead atoms. The van der Waals surface area contributed by atoms with Gasteiger partial charge in [0.1, 0.15) is 17.2 Å². The minimum atomic E-state index is -0.327. The average molecular weight is 287 g/mol. The monoisotopic (exact) mass is 287 g/mol. The molecule has 4 heteroatoms. The second-order valence-corrected chi connectivity index (χ2v) is 4.56. The summed E-state index contributed by atoms with van der Waals surface area (Å²) in [7, 11) is 3.26. The molecule has 0 aliphatic rings. The lowest BCUT2D eigenvalue weighted by Crippen LogP contribution is -2.14. The Hall–Kier alpha value is -2.20. The maximum absolute atomic E-state index is 6.39. The Morgan fingerprint density at radius 1 is 0.952 bits per heavy atom. The van der Waals surface area contributed by atoms with Gasteiger partial charge < -0.3 is 19.9 Å². The van der Waals surface area contributed by atoms with Crippen LogP contribution in [0.5, 0.6) is 17.2 Å². The van der Waals surface area contributed by atoms with Gasteiger partial charge in [0.25, 0.3) is 0 Å². The highest BCUT2D eigenvalue weighted by atomic mass is 16.5. The fourth-order valence-electron chi connectivity index (χ4n) is 2.29. The Labute approximate surface area is 125 Å². The van der Waals surface area contributed by atoms with Crippen molar-refractivity contribution in [3.8, 4) is 17.2 Å². The van der Waals surface area contributed by atoms with Crippen LogP contribution in [0.15, 0.2) is 42.5 Å². The summed E-state index contributed by atoms with van der Waals surface area (Å²) < 4.78 is 16.3. The van der Waals surface area contributed by atoms with Gasteiger partial charge in [-0.15, -0.1) is 0 Å². The van der Waals surface area contributed by atoms with Crippen molar-refractivity contribution >= 4 is 0 Å². The van der Waals surface area contributed by atoms with Gasteiger partial charge in [-0.05, 0) is 36.8 Å². The maximum Gasteiger partial charge on any atom is 0.127 e. The Bertz CT molecular complexity index is 559. The predicted octanol–water partition coefficient (Wildman–Crippen LogP) is 3.15. The third-order valence-electron chi connectivity index (χ3n) is 3.33. The summed E-state index contributed by atoms with van der Waals surface area (Å²) in [6, 6.07) is 13.1. The van der Waals surface area contributed by atoms with E-state index in [0.29, 0.717) is 6.61 Å². The van der Waals surface area contributed by atoms with Crippen molar-refractivity contribution in [1.82, 2.24) is 0 Å². The highest BCUT2D eigenvalue weighted by Gasteiger charge is 2.19. The summed E-state index contributed by atoms with van der Waals surface area (Å²) in [5.41, 5.74) is 8.21. The van der Waals surface area contributed by atoms with Crippen LogP contribution < -0.4 is 19.9 Å². The first kappa shape index (κ1) is 15.2. The number of methoxy groups -OCH3 is 2. The van der Waals surface area contributed by atoms with E-state index in [1.807, 2.05) is 49.4 Å². The van der Waals surface area contributed by atoms with Gasteiger partial charge >= 0.3 is 0 Å². The summed E-state index contributed by atoms with van der Waals surface area (Å²) in [4.78, 5) is 0. The second-order valence-electron chi connectivity index (χ2n) is 4.56. The molecule has 0 fully saturated rings. The molecule has 0 aliphatic heterocycles. The summed E-state index contributed by atoms with van der Waals surface area (Å²) in [6.07, 6.45) is 0. The first-order valence-corrected chi connectivity index (χ1v) is 6.90. The number of rotatable bonds is 6. The zero-order valence-electron chi connectivity index (χ0n) is 12.6. The molecule has 0 heterocycles. The molecule has 2 rings (SSSR count). The van der Waals surface area contributed by atoms with Gasteiger partial charge in [0, 0.05) is 0 Å². The summed E-state index contributed by atoms with van der Waals surface area (Å²) in [6.45, 7) is 2.60. The third-order valence-corrected chi connectivity index (χ3v) is 3.33. The quantitative estimate of drug-likeness (QED) is 0.886. The second kappa shape index (κ2) is 6.99. The molecule has 2 aromatic carbocycles. The van der Waals surface area contributed by atoms with Crippen molar-refractivity contribution < 1.29 is 14.2 Å². The Kier molecular flexibility index (Phi) is 5.06. The van der Waals surface area contributed by atoms with Crippen molar-refractivity contribution in [2.24, 2.45) is 5.73 Å². The van der Waals surface area contributed by atoms with Crippen LogP contribution in [0.3, 0.4) is 0 Å². The highest BCUT2D eigenvalue weighted by molar-refractivity contribution is 5.50. The van der Waals surface area contributed by atoms with Crippen molar-refractivity contribution in [1.29, 1.82) is 0 Å². The number of hydrogen-bond donors (Lipinski definition) is 1. The van der Waals surface area contributed by atoms with Gasteiger partial charge in [-0.25, -0.2) is 0 Å². The number of nitrogens with two attached hydrogens (primary N) is 1. The van der Waals surface area contributed by atoms with E-state index in [1.54, 1.807) is 14.2 Å². The van der Waals surface area contributed by atoms with Gasteiger partial charge in [-0.1, -0.05) is 18.2 Å². The van der Waals surface area contributed by atoms with Crippen LogP contribution in [0.2, 0.25) is 0 Å². The van der Waals surface area contributed by atoms with E-state index < -0.39 is 0 Å². The van der Waals surface area contributed by atoms with Crippen LogP contribution in [0.25, 0.3) is 0 Å². The van der Waals surface area contributed by atoms with Crippen molar-refractivity contribution in [3.05, 3.63) is 53.6 Å². The largest absolute Gasteiger partial charge is 0.496 e. The van der Waals surface area contributed by atoms with Crippen LogP contribution in [0.1, 0.15) is 24.1 Å². The molecule has 2 aromatic rings. The van der Waals surface area contributed by atoms with E-state index >= 15 is 0 Å². The van der Waals surface area contributed by atoms with Crippen LogP contribution in [0.4, 0.5) is 0 Å². The van der Waals surface area contributed by atoms with Crippen molar-refractivity contribution in [3.63, 3.8) is 0 Å². The molecule has 0 saturated heterocycles. The average Bonchev–Trinajstić information content (AvgIpc) is 2.54. The molecular weight excluding hydrogens is 266 g/mol. The normalized spacial score (nSPS) is 11.8. The van der Waals surface area contributed by atoms with E-state index in [0.717, 1.165) is 28.4 Å². The lowest BCUT2D eigenvalue weighted by atomic mass is 9.97. The number of hydrogen-bond acceptors (Lipinski definition) is 4. The molecule has 112 valence electrons. The summed E-state index contributed by atoms with van der Waals surface area (Å²) in [5, 5.41) is 0. The standard InChI is InChI=1S/C17H21NO3/c1-4-21-13-10-8-12(9-11-13)17(18)16-14(19-2)6-5-7-15(16)20-3/h5-11,17H,4,18H2,1-3H3. The molecule has 0 radical (unpaired) electrons. The molecule has 0 spiro atoms. The fourth-order valence-corrected chi connectivity index (χ4v) is 2.29. The lowest BCUT2D eigenvalue weighted by Gasteiger charge is -2.19. The van der Waals surface area contributed by atoms with E-state index in [1.165, 1.54) is 0 Å². The van der Waals surface area contributed by atoms with Gasteiger partial charge in [-0.2, -0.15) is 0 Å². The Balaban J connectivity index is 2.37. The van der Waals surface area contributed by atoms with Crippen molar-refractivity contribution in [2.75, 3.05) is 20.8 Å². The minimum Gasteiger partial charge on any atom is -0.496 e. The first-order chi connectivity index (χ1) is 10.2. The molecule has 2 N–H and O–H groups in total. The van der Waals surface area contributed by atoms with Crippen LogP contribution in [-0.4, -0.2) is 20.8 Å². The topological polar surface area (TPSA) is 53.7 Å². The van der Waals surface area contributed by atoms with Gasteiger partial charge in [0.2, 0.25) is 0 Å². The van der Waals surface area contributed by atoms with E-state index in [2.05, 4.69) is 0 Å².